The molecule has 0 atom stereocenters. The summed E-state index contributed by atoms with van der Waals surface area (Å²) in [7, 11) is 0. The maximum Gasteiger partial charge on any atom is 0.280 e. The van der Waals surface area contributed by atoms with E-state index in [0.29, 0.717) is 22.0 Å². The second kappa shape index (κ2) is 7.31. The molecule has 0 aliphatic rings. The number of hydrogen-bond donors (Lipinski definition) is 1. The minimum atomic E-state index is -0.435. The Morgan fingerprint density at radius 1 is 0.966 bits per heavy atom. The number of halogens is 1. The number of aromatic nitrogens is 2. The normalized spacial score (nSPS) is 10.9. The van der Waals surface area contributed by atoms with Crippen LogP contribution in [0.1, 0.15) is 21.5 Å². The van der Waals surface area contributed by atoms with Gasteiger partial charge in [0.2, 0.25) is 0 Å². The van der Waals surface area contributed by atoms with Crippen molar-refractivity contribution in [2.24, 2.45) is 0 Å². The molecule has 1 amide bonds. The van der Waals surface area contributed by atoms with E-state index in [9.17, 15) is 14.0 Å². The van der Waals surface area contributed by atoms with Gasteiger partial charge in [0.1, 0.15) is 5.82 Å². The Bertz CT molecular complexity index is 1290. The SMILES string of the molecule is Cc1ccc(C(=O)Nn2c(-c3ccc(F)cc3)nc3ccccc3c2=O)cc1C. The lowest BCUT2D eigenvalue weighted by Gasteiger charge is -2.15. The molecule has 29 heavy (non-hydrogen) atoms. The molecule has 1 N–H and O–H groups in total. The van der Waals surface area contributed by atoms with E-state index in [0.717, 1.165) is 15.8 Å². The van der Waals surface area contributed by atoms with Gasteiger partial charge in [0, 0.05) is 11.1 Å². The highest BCUT2D eigenvalue weighted by Crippen LogP contribution is 2.19. The van der Waals surface area contributed by atoms with Crippen LogP contribution in [-0.4, -0.2) is 15.6 Å². The Kier molecular flexibility index (Phi) is 4.68. The smallest absolute Gasteiger partial charge is 0.267 e. The third-order valence-corrected chi connectivity index (χ3v) is 4.86. The van der Waals surface area contributed by atoms with Crippen molar-refractivity contribution in [2.45, 2.75) is 13.8 Å². The maximum absolute atomic E-state index is 13.4. The molecule has 0 aliphatic carbocycles. The average molecular weight is 387 g/mol. The molecule has 1 heterocycles. The number of para-hydroxylation sites is 1. The molecular weight excluding hydrogens is 369 g/mol. The van der Waals surface area contributed by atoms with Crippen molar-refractivity contribution in [1.29, 1.82) is 0 Å². The predicted molar refractivity (Wildman–Crippen MR) is 111 cm³/mol. The first-order chi connectivity index (χ1) is 13.9. The predicted octanol–water partition coefficient (Wildman–Crippen LogP) is 4.20. The summed E-state index contributed by atoms with van der Waals surface area (Å²) in [6, 6.07) is 17.8. The zero-order chi connectivity index (χ0) is 20.5. The van der Waals surface area contributed by atoms with Crippen LogP contribution >= 0.6 is 0 Å². The zero-order valence-electron chi connectivity index (χ0n) is 15.9. The Morgan fingerprint density at radius 3 is 2.41 bits per heavy atom. The highest BCUT2D eigenvalue weighted by atomic mass is 19.1. The van der Waals surface area contributed by atoms with Crippen LogP contribution < -0.4 is 11.0 Å². The lowest BCUT2D eigenvalue weighted by Crippen LogP contribution is -2.35. The van der Waals surface area contributed by atoms with Crippen molar-refractivity contribution in [1.82, 2.24) is 9.66 Å². The van der Waals surface area contributed by atoms with Gasteiger partial charge < -0.3 is 0 Å². The van der Waals surface area contributed by atoms with Crippen molar-refractivity contribution in [2.75, 3.05) is 5.43 Å². The molecule has 5 nitrogen and oxygen atoms in total. The van der Waals surface area contributed by atoms with E-state index < -0.39 is 17.3 Å². The molecule has 0 unspecified atom stereocenters. The summed E-state index contributed by atoms with van der Waals surface area (Å²) in [6.45, 7) is 3.88. The summed E-state index contributed by atoms with van der Waals surface area (Å²) in [5.41, 5.74) is 5.72. The molecule has 4 rings (SSSR count). The Hall–Kier alpha value is -3.80. The highest BCUT2D eigenvalue weighted by Gasteiger charge is 2.16. The van der Waals surface area contributed by atoms with Crippen molar-refractivity contribution < 1.29 is 9.18 Å². The second-order valence-electron chi connectivity index (χ2n) is 6.84. The van der Waals surface area contributed by atoms with Crippen LogP contribution in [-0.2, 0) is 0 Å². The van der Waals surface area contributed by atoms with E-state index >= 15 is 0 Å². The lowest BCUT2D eigenvalue weighted by molar-refractivity contribution is 0.101. The van der Waals surface area contributed by atoms with Gasteiger partial charge in [0.05, 0.1) is 10.9 Å². The number of fused-ring (bicyclic) bond motifs is 1. The monoisotopic (exact) mass is 387 g/mol. The lowest BCUT2D eigenvalue weighted by atomic mass is 10.1. The second-order valence-corrected chi connectivity index (χ2v) is 6.84. The third-order valence-electron chi connectivity index (χ3n) is 4.86. The number of rotatable bonds is 3. The van der Waals surface area contributed by atoms with Crippen LogP contribution in [0.5, 0.6) is 0 Å². The van der Waals surface area contributed by atoms with Gasteiger partial charge in [0.15, 0.2) is 5.82 Å². The van der Waals surface area contributed by atoms with Gasteiger partial charge in [-0.2, -0.15) is 4.68 Å². The third kappa shape index (κ3) is 3.52. The zero-order valence-corrected chi connectivity index (χ0v) is 15.9. The molecule has 0 bridgehead atoms. The molecule has 144 valence electrons. The first-order valence-corrected chi connectivity index (χ1v) is 9.10. The van der Waals surface area contributed by atoms with Gasteiger partial charge in [-0.15, -0.1) is 0 Å². The first kappa shape index (κ1) is 18.6. The summed E-state index contributed by atoms with van der Waals surface area (Å²) in [6.07, 6.45) is 0. The van der Waals surface area contributed by atoms with E-state index in [1.54, 1.807) is 36.4 Å². The van der Waals surface area contributed by atoms with E-state index in [2.05, 4.69) is 10.4 Å². The van der Waals surface area contributed by atoms with Gasteiger partial charge in [-0.25, -0.2) is 9.37 Å². The summed E-state index contributed by atoms with van der Waals surface area (Å²) < 4.78 is 14.5. The largest absolute Gasteiger partial charge is 0.280 e. The molecular formula is C23H18FN3O2. The van der Waals surface area contributed by atoms with Crippen molar-refractivity contribution in [3.63, 3.8) is 0 Å². The van der Waals surface area contributed by atoms with Crippen LogP contribution in [0, 0.1) is 19.7 Å². The maximum atomic E-state index is 13.4. The van der Waals surface area contributed by atoms with Crippen LogP contribution in [0.2, 0.25) is 0 Å². The standard InChI is InChI=1S/C23H18FN3O2/c1-14-7-8-17(13-15(14)2)22(28)26-27-21(16-9-11-18(24)12-10-16)25-20-6-4-3-5-19(20)23(27)29/h3-13H,1-2H3,(H,26,28). The molecule has 6 heteroatoms. The Morgan fingerprint density at radius 2 is 1.69 bits per heavy atom. The van der Waals surface area contributed by atoms with Crippen molar-refractivity contribution in [3.05, 3.63) is 99.6 Å². The van der Waals surface area contributed by atoms with Crippen molar-refractivity contribution >= 4 is 16.8 Å². The Labute approximate surface area is 166 Å². The fourth-order valence-corrected chi connectivity index (χ4v) is 3.08. The minimum Gasteiger partial charge on any atom is -0.267 e. The number of nitrogens with zero attached hydrogens (tertiary/aromatic N) is 2. The van der Waals surface area contributed by atoms with Crippen molar-refractivity contribution in [3.8, 4) is 11.4 Å². The number of hydrogen-bond acceptors (Lipinski definition) is 3. The fraction of sp³-hybridized carbons (Fsp3) is 0.0870. The highest BCUT2D eigenvalue weighted by molar-refractivity contribution is 6.00. The van der Waals surface area contributed by atoms with E-state index in [-0.39, 0.29) is 5.82 Å². The van der Waals surface area contributed by atoms with Gasteiger partial charge in [0.25, 0.3) is 11.5 Å². The molecule has 4 aromatic rings. The molecule has 0 aliphatic heterocycles. The van der Waals surface area contributed by atoms with Gasteiger partial charge >= 0.3 is 0 Å². The van der Waals surface area contributed by atoms with E-state index in [1.807, 2.05) is 19.9 Å². The minimum absolute atomic E-state index is 0.228. The molecule has 0 saturated heterocycles. The molecule has 0 saturated carbocycles. The topological polar surface area (TPSA) is 64.0 Å². The number of benzene rings is 3. The van der Waals surface area contributed by atoms with E-state index in [4.69, 9.17) is 0 Å². The van der Waals surface area contributed by atoms with Gasteiger partial charge in [-0.1, -0.05) is 18.2 Å². The number of carbonyl (C=O) groups excluding carboxylic acids is 1. The van der Waals surface area contributed by atoms with E-state index in [1.165, 1.54) is 24.3 Å². The molecule has 0 fully saturated rings. The number of carbonyl (C=O) groups is 1. The summed E-state index contributed by atoms with van der Waals surface area (Å²) >= 11 is 0. The number of amides is 1. The fourth-order valence-electron chi connectivity index (χ4n) is 3.08. The van der Waals surface area contributed by atoms with Crippen LogP contribution in [0.25, 0.3) is 22.3 Å². The summed E-state index contributed by atoms with van der Waals surface area (Å²) in [5.74, 6) is -0.607. The van der Waals surface area contributed by atoms with Gasteiger partial charge in [-0.3, -0.25) is 15.0 Å². The molecule has 3 aromatic carbocycles. The Balaban J connectivity index is 1.87. The first-order valence-electron chi connectivity index (χ1n) is 9.10. The van der Waals surface area contributed by atoms with Gasteiger partial charge in [-0.05, 0) is 73.5 Å². The van der Waals surface area contributed by atoms with Crippen LogP contribution in [0.4, 0.5) is 4.39 Å². The molecule has 1 aromatic heterocycles. The summed E-state index contributed by atoms with van der Waals surface area (Å²) in [5, 5.41) is 0.374. The van der Waals surface area contributed by atoms with Crippen LogP contribution in [0.15, 0.2) is 71.5 Å². The average Bonchev–Trinajstić information content (AvgIpc) is 2.72. The number of nitrogens with one attached hydrogen (secondary N) is 1. The molecule has 0 spiro atoms. The van der Waals surface area contributed by atoms with Crippen LogP contribution in [0.3, 0.4) is 0 Å². The molecule has 0 radical (unpaired) electrons. The quantitative estimate of drug-likeness (QED) is 0.573. The number of aryl methyl sites for hydroxylation is 2. The summed E-state index contributed by atoms with van der Waals surface area (Å²) in [4.78, 5) is 30.5.